The molecule has 1 N–H and O–H groups in total. The van der Waals surface area contributed by atoms with E-state index in [1.165, 1.54) is 0 Å². The normalized spacial score (nSPS) is 24.4. The molecule has 2 atom stereocenters. The molecule has 6 nitrogen and oxygen atoms in total. The molecule has 23 heavy (non-hydrogen) atoms. The molecule has 1 aliphatic carbocycles. The molecule has 0 bridgehead atoms. The fourth-order valence-corrected chi connectivity index (χ4v) is 3.35. The van der Waals surface area contributed by atoms with Gasteiger partial charge in [0.1, 0.15) is 11.6 Å². The van der Waals surface area contributed by atoms with E-state index < -0.39 is 0 Å². The summed E-state index contributed by atoms with van der Waals surface area (Å²) in [5, 5.41) is 11.3. The Morgan fingerprint density at radius 2 is 2.13 bits per heavy atom. The molecule has 0 radical (unpaired) electrons. The molecule has 0 aromatic carbocycles. The van der Waals surface area contributed by atoms with Crippen molar-refractivity contribution in [3.63, 3.8) is 0 Å². The number of carbonyl (C=O) groups is 1. The molecule has 2 aliphatic rings. The van der Waals surface area contributed by atoms with E-state index in [0.717, 1.165) is 43.9 Å². The van der Waals surface area contributed by atoms with Gasteiger partial charge in [-0.05, 0) is 43.5 Å². The van der Waals surface area contributed by atoms with Crippen molar-refractivity contribution in [1.82, 2.24) is 15.1 Å². The second-order valence-electron chi connectivity index (χ2n) is 6.32. The summed E-state index contributed by atoms with van der Waals surface area (Å²) in [5.74, 6) is 2.43. The van der Waals surface area contributed by atoms with Crippen LogP contribution in [-0.4, -0.2) is 40.1 Å². The van der Waals surface area contributed by atoms with Gasteiger partial charge in [0.15, 0.2) is 0 Å². The van der Waals surface area contributed by atoms with E-state index >= 15 is 0 Å². The van der Waals surface area contributed by atoms with Crippen molar-refractivity contribution in [3.8, 4) is 0 Å². The van der Waals surface area contributed by atoms with Crippen LogP contribution in [0.15, 0.2) is 41.1 Å². The second-order valence-corrected chi connectivity index (χ2v) is 6.32. The van der Waals surface area contributed by atoms with Crippen LogP contribution in [0.2, 0.25) is 0 Å². The van der Waals surface area contributed by atoms with E-state index in [0.29, 0.717) is 6.04 Å². The van der Waals surface area contributed by atoms with E-state index in [9.17, 15) is 4.79 Å². The van der Waals surface area contributed by atoms with Gasteiger partial charge < -0.3 is 14.6 Å². The Balaban J connectivity index is 1.28. The van der Waals surface area contributed by atoms with Crippen LogP contribution in [0.1, 0.15) is 30.9 Å². The first-order valence-corrected chi connectivity index (χ1v) is 8.17. The summed E-state index contributed by atoms with van der Waals surface area (Å²) in [5.41, 5.74) is 0. The Morgan fingerprint density at radius 1 is 1.26 bits per heavy atom. The van der Waals surface area contributed by atoms with Crippen molar-refractivity contribution in [2.75, 3.05) is 18.4 Å². The summed E-state index contributed by atoms with van der Waals surface area (Å²) < 4.78 is 5.42. The molecule has 1 aliphatic heterocycles. The van der Waals surface area contributed by atoms with Gasteiger partial charge in [-0.2, -0.15) is 5.10 Å². The molecule has 0 spiro atoms. The van der Waals surface area contributed by atoms with E-state index in [4.69, 9.17) is 4.42 Å². The van der Waals surface area contributed by atoms with Crippen molar-refractivity contribution >= 4 is 11.7 Å². The molecule has 1 saturated carbocycles. The van der Waals surface area contributed by atoms with E-state index in [-0.39, 0.29) is 17.7 Å². The molecule has 6 heteroatoms. The van der Waals surface area contributed by atoms with Crippen LogP contribution in [0.25, 0.3) is 0 Å². The molecule has 0 unspecified atom stereocenters. The van der Waals surface area contributed by atoms with Gasteiger partial charge >= 0.3 is 0 Å². The predicted molar refractivity (Wildman–Crippen MR) is 84.8 cm³/mol. The van der Waals surface area contributed by atoms with Gasteiger partial charge in [-0.15, -0.1) is 5.10 Å². The zero-order valence-electron chi connectivity index (χ0n) is 12.9. The summed E-state index contributed by atoms with van der Waals surface area (Å²) in [6, 6.07) is 8.00. The topological polar surface area (TPSA) is 71.3 Å². The molecule has 4 rings (SSSR count). The quantitative estimate of drug-likeness (QED) is 0.938. The van der Waals surface area contributed by atoms with Crippen LogP contribution < -0.4 is 5.32 Å². The molecule has 1 saturated heterocycles. The second kappa shape index (κ2) is 6.02. The SMILES string of the molecule is O=C([C@@H]1C[C@@H]1c1ccco1)N1CCC(Nc2cccnn2)CC1. The van der Waals surface area contributed by atoms with Crippen LogP contribution in [0.5, 0.6) is 0 Å². The number of aromatic nitrogens is 2. The molecular formula is C17H20N4O2. The highest BCUT2D eigenvalue weighted by atomic mass is 16.3. The maximum absolute atomic E-state index is 12.6. The highest BCUT2D eigenvalue weighted by Crippen LogP contribution is 2.48. The summed E-state index contributed by atoms with van der Waals surface area (Å²) >= 11 is 0. The zero-order chi connectivity index (χ0) is 15.6. The van der Waals surface area contributed by atoms with Crippen molar-refractivity contribution in [3.05, 3.63) is 42.5 Å². The van der Waals surface area contributed by atoms with Gasteiger partial charge in [0.25, 0.3) is 0 Å². The van der Waals surface area contributed by atoms with Gasteiger partial charge in [0.05, 0.1) is 6.26 Å². The molecule has 2 fully saturated rings. The lowest BCUT2D eigenvalue weighted by Gasteiger charge is -2.32. The zero-order valence-corrected chi connectivity index (χ0v) is 12.9. The van der Waals surface area contributed by atoms with Crippen molar-refractivity contribution in [1.29, 1.82) is 0 Å². The van der Waals surface area contributed by atoms with Crippen LogP contribution in [0, 0.1) is 5.92 Å². The Morgan fingerprint density at radius 3 is 2.83 bits per heavy atom. The third-order valence-corrected chi connectivity index (χ3v) is 4.75. The average Bonchev–Trinajstić information content (AvgIpc) is 3.21. The molecule has 1 amide bonds. The Hall–Kier alpha value is -2.37. The maximum atomic E-state index is 12.6. The Kier molecular flexibility index (Phi) is 3.73. The molecule has 120 valence electrons. The van der Waals surface area contributed by atoms with Crippen molar-refractivity contribution in [2.45, 2.75) is 31.2 Å². The van der Waals surface area contributed by atoms with Crippen LogP contribution >= 0.6 is 0 Å². The Bertz CT molecular complexity index is 650. The minimum atomic E-state index is 0.116. The Labute approximate surface area is 134 Å². The first kappa shape index (κ1) is 14.2. The standard InChI is InChI=1S/C17H20N4O2/c22-17(14-11-13(14)15-3-2-10-23-15)21-8-5-12(6-9-21)19-16-4-1-7-18-20-16/h1-4,7,10,12-14H,5-6,8-9,11H2,(H,19,20)/t13-,14+/m0/s1. The number of amides is 1. The monoisotopic (exact) mass is 312 g/mol. The number of hydrogen-bond acceptors (Lipinski definition) is 5. The third-order valence-electron chi connectivity index (χ3n) is 4.75. The smallest absolute Gasteiger partial charge is 0.226 e. The molecule has 2 aromatic rings. The summed E-state index contributed by atoms with van der Waals surface area (Å²) in [7, 11) is 0. The highest BCUT2D eigenvalue weighted by Gasteiger charge is 2.47. The fourth-order valence-electron chi connectivity index (χ4n) is 3.35. The van der Waals surface area contributed by atoms with Gasteiger partial charge in [0.2, 0.25) is 5.91 Å². The first-order valence-electron chi connectivity index (χ1n) is 8.17. The van der Waals surface area contributed by atoms with Crippen LogP contribution in [-0.2, 0) is 4.79 Å². The number of nitrogens with zero attached hydrogens (tertiary/aromatic N) is 3. The van der Waals surface area contributed by atoms with Crippen LogP contribution in [0.4, 0.5) is 5.82 Å². The minimum Gasteiger partial charge on any atom is -0.469 e. The summed E-state index contributed by atoms with van der Waals surface area (Å²) in [6.45, 7) is 1.61. The largest absolute Gasteiger partial charge is 0.469 e. The average molecular weight is 312 g/mol. The summed E-state index contributed by atoms with van der Waals surface area (Å²) in [4.78, 5) is 14.6. The van der Waals surface area contributed by atoms with Gasteiger partial charge in [-0.25, -0.2) is 0 Å². The van der Waals surface area contributed by atoms with Crippen molar-refractivity contribution < 1.29 is 9.21 Å². The third kappa shape index (κ3) is 3.06. The van der Waals surface area contributed by atoms with E-state index in [2.05, 4.69) is 15.5 Å². The van der Waals surface area contributed by atoms with Crippen LogP contribution in [0.3, 0.4) is 0 Å². The fraction of sp³-hybridized carbons (Fsp3) is 0.471. The maximum Gasteiger partial charge on any atom is 0.226 e. The number of carbonyl (C=O) groups excluding carboxylic acids is 1. The number of rotatable bonds is 4. The molecule has 2 aromatic heterocycles. The number of nitrogens with one attached hydrogen (secondary N) is 1. The first-order chi connectivity index (χ1) is 11.3. The van der Waals surface area contributed by atoms with E-state index in [1.807, 2.05) is 29.2 Å². The lowest BCUT2D eigenvalue weighted by Crippen LogP contribution is -2.43. The predicted octanol–water partition coefficient (Wildman–Crippen LogP) is 2.28. The number of piperidine rings is 1. The highest BCUT2D eigenvalue weighted by molar-refractivity contribution is 5.83. The van der Waals surface area contributed by atoms with E-state index in [1.54, 1.807) is 12.5 Å². The number of furan rings is 1. The van der Waals surface area contributed by atoms with Crippen molar-refractivity contribution in [2.24, 2.45) is 5.92 Å². The van der Waals surface area contributed by atoms with Gasteiger partial charge in [-0.1, -0.05) is 0 Å². The lowest BCUT2D eigenvalue weighted by atomic mass is 10.0. The number of hydrogen-bond donors (Lipinski definition) is 1. The number of anilines is 1. The lowest BCUT2D eigenvalue weighted by molar-refractivity contribution is -0.133. The molecular weight excluding hydrogens is 292 g/mol. The molecule has 3 heterocycles. The number of likely N-dealkylation sites (tertiary alicyclic amines) is 1. The minimum absolute atomic E-state index is 0.116. The van der Waals surface area contributed by atoms with Gasteiger partial charge in [0, 0.05) is 37.2 Å². The summed E-state index contributed by atoms with van der Waals surface area (Å²) in [6.07, 6.45) is 6.15. The van der Waals surface area contributed by atoms with Gasteiger partial charge in [-0.3, -0.25) is 4.79 Å².